The Morgan fingerprint density at radius 3 is 1.62 bits per heavy atom. The summed E-state index contributed by atoms with van der Waals surface area (Å²) in [5.41, 5.74) is 10.6. The molecule has 48 valence electrons. The quantitative estimate of drug-likeness (QED) is 0.410. The number of ether oxygens (including phenoxy) is 2. The molecule has 0 aliphatic carbocycles. The zero-order chi connectivity index (χ0) is 5.98. The third-order valence-corrected chi connectivity index (χ3v) is 1.03. The van der Waals surface area contributed by atoms with Crippen LogP contribution in [0.2, 0.25) is 0 Å². The van der Waals surface area contributed by atoms with Gasteiger partial charge in [-0.15, -0.1) is 0 Å². The third-order valence-electron chi connectivity index (χ3n) is 1.03. The molecule has 0 aromatic heterocycles. The van der Waals surface area contributed by atoms with Gasteiger partial charge >= 0.3 is 0 Å². The molecule has 0 saturated carbocycles. The smallest absolute Gasteiger partial charge is 0.145 e. The SMILES string of the molecule is NC1OCCOC1N. The first kappa shape index (κ1) is 5.97. The van der Waals surface area contributed by atoms with E-state index in [0.29, 0.717) is 13.2 Å². The predicted octanol–water partition coefficient (Wildman–Crippen LogP) is -1.40. The first-order chi connectivity index (χ1) is 3.80. The van der Waals surface area contributed by atoms with Crippen molar-refractivity contribution in [2.75, 3.05) is 13.2 Å². The second kappa shape index (κ2) is 2.41. The van der Waals surface area contributed by atoms with Crippen molar-refractivity contribution in [3.8, 4) is 0 Å². The molecular formula is C4H10N2O2. The number of nitrogens with two attached hydrogens (primary N) is 2. The van der Waals surface area contributed by atoms with E-state index in [1.165, 1.54) is 0 Å². The Bertz CT molecular complexity index is 68.4. The summed E-state index contributed by atoms with van der Waals surface area (Å²) >= 11 is 0. The van der Waals surface area contributed by atoms with E-state index in [0.717, 1.165) is 0 Å². The van der Waals surface area contributed by atoms with Crippen molar-refractivity contribution < 1.29 is 9.47 Å². The van der Waals surface area contributed by atoms with E-state index >= 15 is 0 Å². The molecule has 0 aromatic carbocycles. The van der Waals surface area contributed by atoms with Crippen LogP contribution in [0.5, 0.6) is 0 Å². The van der Waals surface area contributed by atoms with Crippen LogP contribution in [-0.4, -0.2) is 25.7 Å². The van der Waals surface area contributed by atoms with Gasteiger partial charge in [-0.05, 0) is 0 Å². The summed E-state index contributed by atoms with van der Waals surface area (Å²) in [6, 6.07) is 0. The second-order valence-electron chi connectivity index (χ2n) is 1.67. The largest absolute Gasteiger partial charge is 0.357 e. The van der Waals surface area contributed by atoms with Crippen LogP contribution in [0.25, 0.3) is 0 Å². The highest BCUT2D eigenvalue weighted by Gasteiger charge is 2.17. The minimum atomic E-state index is -0.441. The van der Waals surface area contributed by atoms with E-state index in [1.54, 1.807) is 0 Å². The van der Waals surface area contributed by atoms with Gasteiger partial charge in [0, 0.05) is 0 Å². The summed E-state index contributed by atoms with van der Waals surface area (Å²) in [5.74, 6) is 0. The maximum atomic E-state index is 5.31. The van der Waals surface area contributed by atoms with Crippen molar-refractivity contribution in [3.05, 3.63) is 0 Å². The molecule has 1 saturated heterocycles. The predicted molar refractivity (Wildman–Crippen MR) is 27.9 cm³/mol. The van der Waals surface area contributed by atoms with Crippen LogP contribution in [0.3, 0.4) is 0 Å². The molecule has 0 radical (unpaired) electrons. The lowest BCUT2D eigenvalue weighted by molar-refractivity contribution is -0.134. The van der Waals surface area contributed by atoms with E-state index in [2.05, 4.69) is 0 Å². The highest BCUT2D eigenvalue weighted by atomic mass is 16.6. The average Bonchev–Trinajstić information content (AvgIpc) is 1.77. The van der Waals surface area contributed by atoms with Gasteiger partial charge in [-0.2, -0.15) is 0 Å². The fourth-order valence-corrected chi connectivity index (χ4v) is 0.558. The first-order valence-electron chi connectivity index (χ1n) is 2.55. The maximum Gasteiger partial charge on any atom is 0.145 e. The molecule has 0 aromatic rings. The van der Waals surface area contributed by atoms with Crippen molar-refractivity contribution in [2.24, 2.45) is 11.5 Å². The maximum absolute atomic E-state index is 5.31. The van der Waals surface area contributed by atoms with E-state index in [4.69, 9.17) is 20.9 Å². The van der Waals surface area contributed by atoms with Crippen molar-refractivity contribution >= 4 is 0 Å². The van der Waals surface area contributed by atoms with Crippen molar-refractivity contribution in [2.45, 2.75) is 12.5 Å². The summed E-state index contributed by atoms with van der Waals surface area (Å²) in [6.45, 7) is 1.10. The van der Waals surface area contributed by atoms with E-state index < -0.39 is 12.5 Å². The summed E-state index contributed by atoms with van der Waals surface area (Å²) < 4.78 is 9.84. The Morgan fingerprint density at radius 2 is 1.38 bits per heavy atom. The molecule has 1 aliphatic rings. The van der Waals surface area contributed by atoms with Gasteiger partial charge in [0.05, 0.1) is 13.2 Å². The van der Waals surface area contributed by atoms with Crippen molar-refractivity contribution in [3.63, 3.8) is 0 Å². The number of hydrogen-bond donors (Lipinski definition) is 2. The molecule has 4 nitrogen and oxygen atoms in total. The van der Waals surface area contributed by atoms with Gasteiger partial charge in [0.1, 0.15) is 12.5 Å². The molecule has 1 heterocycles. The highest BCUT2D eigenvalue weighted by molar-refractivity contribution is 4.60. The lowest BCUT2D eigenvalue weighted by Crippen LogP contribution is -2.49. The molecule has 4 heteroatoms. The van der Waals surface area contributed by atoms with Gasteiger partial charge in [0.2, 0.25) is 0 Å². The normalized spacial score (nSPS) is 39.8. The molecule has 4 N–H and O–H groups in total. The Morgan fingerprint density at radius 1 is 1.00 bits per heavy atom. The molecule has 2 unspecified atom stereocenters. The van der Waals surface area contributed by atoms with Gasteiger partial charge < -0.3 is 20.9 Å². The summed E-state index contributed by atoms with van der Waals surface area (Å²) in [4.78, 5) is 0. The lowest BCUT2D eigenvalue weighted by Gasteiger charge is -2.25. The molecule has 0 bridgehead atoms. The topological polar surface area (TPSA) is 70.5 Å². The fraction of sp³-hybridized carbons (Fsp3) is 1.00. The van der Waals surface area contributed by atoms with Crippen molar-refractivity contribution in [1.29, 1.82) is 0 Å². The van der Waals surface area contributed by atoms with Gasteiger partial charge in [-0.1, -0.05) is 0 Å². The van der Waals surface area contributed by atoms with Gasteiger partial charge in [-0.25, -0.2) is 0 Å². The zero-order valence-electron chi connectivity index (χ0n) is 4.54. The van der Waals surface area contributed by atoms with Crippen LogP contribution in [0.15, 0.2) is 0 Å². The molecule has 1 fully saturated rings. The number of hydrogen-bond acceptors (Lipinski definition) is 4. The molecule has 8 heavy (non-hydrogen) atoms. The van der Waals surface area contributed by atoms with E-state index in [9.17, 15) is 0 Å². The van der Waals surface area contributed by atoms with Gasteiger partial charge in [-0.3, -0.25) is 0 Å². The molecule has 0 spiro atoms. The Kier molecular flexibility index (Phi) is 1.80. The van der Waals surface area contributed by atoms with Crippen LogP contribution in [0.4, 0.5) is 0 Å². The average molecular weight is 118 g/mol. The first-order valence-corrected chi connectivity index (χ1v) is 2.55. The van der Waals surface area contributed by atoms with Crippen LogP contribution >= 0.6 is 0 Å². The monoisotopic (exact) mass is 118 g/mol. The fourth-order valence-electron chi connectivity index (χ4n) is 0.558. The van der Waals surface area contributed by atoms with Crippen LogP contribution in [-0.2, 0) is 9.47 Å². The summed E-state index contributed by atoms with van der Waals surface area (Å²) in [7, 11) is 0. The minimum Gasteiger partial charge on any atom is -0.357 e. The van der Waals surface area contributed by atoms with E-state index in [1.807, 2.05) is 0 Å². The van der Waals surface area contributed by atoms with Crippen LogP contribution in [0, 0.1) is 0 Å². The van der Waals surface area contributed by atoms with Crippen LogP contribution in [0.1, 0.15) is 0 Å². The molecule has 1 aliphatic heterocycles. The zero-order valence-corrected chi connectivity index (χ0v) is 4.54. The van der Waals surface area contributed by atoms with Crippen molar-refractivity contribution in [1.82, 2.24) is 0 Å². The molecule has 2 atom stereocenters. The van der Waals surface area contributed by atoms with E-state index in [-0.39, 0.29) is 0 Å². The highest BCUT2D eigenvalue weighted by Crippen LogP contribution is 1.98. The summed E-state index contributed by atoms with van der Waals surface area (Å²) in [5, 5.41) is 0. The summed E-state index contributed by atoms with van der Waals surface area (Å²) in [6.07, 6.45) is -0.882. The van der Waals surface area contributed by atoms with Gasteiger partial charge in [0.15, 0.2) is 0 Å². The minimum absolute atomic E-state index is 0.441. The Hall–Kier alpha value is -0.160. The Labute approximate surface area is 47.7 Å². The van der Waals surface area contributed by atoms with Crippen LogP contribution < -0.4 is 11.5 Å². The lowest BCUT2D eigenvalue weighted by atomic mass is 10.5. The molecule has 0 amide bonds. The third kappa shape index (κ3) is 1.16. The number of rotatable bonds is 0. The standard InChI is InChI=1S/C4H10N2O2/c5-3-4(6)8-2-1-7-3/h3-4H,1-2,5-6H2. The second-order valence-corrected chi connectivity index (χ2v) is 1.67. The Balaban J connectivity index is 2.28. The van der Waals surface area contributed by atoms with Gasteiger partial charge in [0.25, 0.3) is 0 Å². The molecular weight excluding hydrogens is 108 g/mol. The molecule has 1 rings (SSSR count).